The van der Waals surface area contributed by atoms with E-state index in [-0.39, 0.29) is 0 Å². The number of halogens is 2. The van der Waals surface area contributed by atoms with E-state index >= 15 is 0 Å². The van der Waals surface area contributed by atoms with Crippen molar-refractivity contribution in [3.8, 4) is 19.8 Å². The Morgan fingerprint density at radius 1 is 0.706 bits per heavy atom. The minimum atomic E-state index is 0.972. The smallest absolute Gasteiger partial charge is 0.137 e. The van der Waals surface area contributed by atoms with Gasteiger partial charge in [-0.05, 0) is 56.1 Å². The molecule has 3 rings (SSSR count). The molecule has 0 saturated carbocycles. The lowest BCUT2D eigenvalue weighted by Crippen LogP contribution is -1.71. The SMILES string of the molecule is Brc1ccc(-c2nnc(-c3ccc(Br)s3)s2)s1. The van der Waals surface area contributed by atoms with Gasteiger partial charge in [-0.3, -0.25) is 0 Å². The molecule has 0 saturated heterocycles. The molecule has 7 heteroatoms. The molecule has 0 aliphatic rings. The number of rotatable bonds is 2. The number of nitrogens with zero attached hydrogens (tertiary/aromatic N) is 2. The van der Waals surface area contributed by atoms with Gasteiger partial charge < -0.3 is 0 Å². The number of hydrogen-bond donors (Lipinski definition) is 0. The summed E-state index contributed by atoms with van der Waals surface area (Å²) in [6.07, 6.45) is 0. The fourth-order valence-corrected chi connectivity index (χ4v) is 5.00. The third kappa shape index (κ3) is 2.53. The van der Waals surface area contributed by atoms with Crippen molar-refractivity contribution < 1.29 is 0 Å². The van der Waals surface area contributed by atoms with Crippen LogP contribution in [0.2, 0.25) is 0 Å². The Balaban J connectivity index is 1.98. The van der Waals surface area contributed by atoms with Crippen molar-refractivity contribution in [1.29, 1.82) is 0 Å². The van der Waals surface area contributed by atoms with Crippen LogP contribution >= 0.6 is 65.9 Å². The number of hydrogen-bond acceptors (Lipinski definition) is 5. The average molecular weight is 408 g/mol. The fourth-order valence-electron chi connectivity index (χ4n) is 1.28. The standard InChI is InChI=1S/C10H4Br2N2S3/c11-7-3-1-5(15-7)9-13-14-10(17-9)6-2-4-8(12)16-6/h1-4H. The minimum absolute atomic E-state index is 0.972. The number of thiophene rings is 2. The maximum atomic E-state index is 4.23. The molecule has 86 valence electrons. The molecule has 3 aromatic heterocycles. The molecule has 0 bridgehead atoms. The molecule has 0 unspecified atom stereocenters. The second kappa shape index (κ2) is 4.89. The zero-order chi connectivity index (χ0) is 11.8. The van der Waals surface area contributed by atoms with Crippen LogP contribution in [-0.2, 0) is 0 Å². The summed E-state index contributed by atoms with van der Waals surface area (Å²) in [5.74, 6) is 0. The van der Waals surface area contributed by atoms with Gasteiger partial charge in [0.1, 0.15) is 0 Å². The largest absolute Gasteiger partial charge is 0.158 e. The first-order chi connectivity index (χ1) is 8.22. The number of aromatic nitrogens is 2. The highest BCUT2D eigenvalue weighted by atomic mass is 79.9. The van der Waals surface area contributed by atoms with Crippen molar-refractivity contribution in [2.24, 2.45) is 0 Å². The van der Waals surface area contributed by atoms with Crippen molar-refractivity contribution in [3.05, 3.63) is 31.8 Å². The third-order valence-corrected chi connectivity index (χ3v) is 6.50. The molecular weight excluding hydrogens is 404 g/mol. The highest BCUT2D eigenvalue weighted by Crippen LogP contribution is 2.38. The van der Waals surface area contributed by atoms with Crippen LogP contribution in [0.15, 0.2) is 31.8 Å². The van der Waals surface area contributed by atoms with Crippen LogP contribution in [0.4, 0.5) is 0 Å². The monoisotopic (exact) mass is 406 g/mol. The van der Waals surface area contributed by atoms with Crippen molar-refractivity contribution in [2.45, 2.75) is 0 Å². The van der Waals surface area contributed by atoms with Gasteiger partial charge in [0.15, 0.2) is 10.0 Å². The van der Waals surface area contributed by atoms with Crippen molar-refractivity contribution in [2.75, 3.05) is 0 Å². The van der Waals surface area contributed by atoms with E-state index in [2.05, 4.69) is 54.2 Å². The Hall–Kier alpha value is -0.0800. The van der Waals surface area contributed by atoms with Gasteiger partial charge in [0.05, 0.1) is 17.3 Å². The van der Waals surface area contributed by atoms with E-state index in [0.29, 0.717) is 0 Å². The van der Waals surface area contributed by atoms with E-state index in [1.165, 1.54) is 0 Å². The van der Waals surface area contributed by atoms with E-state index in [1.54, 1.807) is 34.0 Å². The first-order valence-corrected chi connectivity index (χ1v) is 8.61. The Morgan fingerprint density at radius 2 is 1.18 bits per heavy atom. The van der Waals surface area contributed by atoms with Gasteiger partial charge in [-0.25, -0.2) is 0 Å². The quantitative estimate of drug-likeness (QED) is 0.558. The van der Waals surface area contributed by atoms with E-state index in [9.17, 15) is 0 Å². The molecule has 3 heterocycles. The summed E-state index contributed by atoms with van der Waals surface area (Å²) in [7, 11) is 0. The topological polar surface area (TPSA) is 25.8 Å². The maximum Gasteiger partial charge on any atom is 0.158 e. The molecule has 0 aliphatic carbocycles. The molecule has 0 radical (unpaired) electrons. The van der Waals surface area contributed by atoms with E-state index in [4.69, 9.17) is 0 Å². The first-order valence-electron chi connectivity index (χ1n) is 4.57. The normalized spacial score (nSPS) is 10.9. The Kier molecular flexibility index (Phi) is 3.45. The highest BCUT2D eigenvalue weighted by Gasteiger charge is 2.11. The zero-order valence-electron chi connectivity index (χ0n) is 8.18. The lowest BCUT2D eigenvalue weighted by molar-refractivity contribution is 1.11. The molecule has 3 aromatic rings. The van der Waals surface area contributed by atoms with Crippen LogP contribution in [0.3, 0.4) is 0 Å². The van der Waals surface area contributed by atoms with Gasteiger partial charge >= 0.3 is 0 Å². The van der Waals surface area contributed by atoms with Crippen LogP contribution in [0, 0.1) is 0 Å². The summed E-state index contributed by atoms with van der Waals surface area (Å²) in [6.45, 7) is 0. The van der Waals surface area contributed by atoms with Crippen LogP contribution < -0.4 is 0 Å². The predicted octanol–water partition coefficient (Wildman–Crippen LogP) is 5.52. The Labute approximate surface area is 127 Å². The molecular formula is C10H4Br2N2S3. The van der Waals surface area contributed by atoms with Gasteiger partial charge in [0.25, 0.3) is 0 Å². The molecule has 0 N–H and O–H groups in total. The third-order valence-electron chi connectivity index (χ3n) is 1.99. The van der Waals surface area contributed by atoms with E-state index < -0.39 is 0 Å². The van der Waals surface area contributed by atoms with Gasteiger partial charge in [-0.1, -0.05) is 11.3 Å². The van der Waals surface area contributed by atoms with Crippen molar-refractivity contribution >= 4 is 65.9 Å². The Bertz CT molecular complexity index is 601. The second-order valence-corrected chi connectivity index (χ2v) is 9.02. The second-order valence-electron chi connectivity index (χ2n) is 3.12. The first kappa shape index (κ1) is 12.0. The van der Waals surface area contributed by atoms with E-state index in [1.807, 2.05) is 12.1 Å². The molecule has 17 heavy (non-hydrogen) atoms. The van der Waals surface area contributed by atoms with Gasteiger partial charge in [0, 0.05) is 0 Å². The van der Waals surface area contributed by atoms with Gasteiger partial charge in [0.2, 0.25) is 0 Å². The van der Waals surface area contributed by atoms with Gasteiger partial charge in [-0.15, -0.1) is 32.9 Å². The molecule has 0 atom stereocenters. The van der Waals surface area contributed by atoms with Crippen molar-refractivity contribution in [1.82, 2.24) is 10.2 Å². The molecule has 0 fully saturated rings. The lowest BCUT2D eigenvalue weighted by Gasteiger charge is -1.85. The van der Waals surface area contributed by atoms with E-state index in [0.717, 1.165) is 27.3 Å². The molecule has 2 nitrogen and oxygen atoms in total. The lowest BCUT2D eigenvalue weighted by atomic mass is 10.5. The molecule has 0 spiro atoms. The summed E-state index contributed by atoms with van der Waals surface area (Å²) in [4.78, 5) is 2.30. The summed E-state index contributed by atoms with van der Waals surface area (Å²) in [6, 6.07) is 8.18. The summed E-state index contributed by atoms with van der Waals surface area (Å²) >= 11 is 11.9. The van der Waals surface area contributed by atoms with Crippen molar-refractivity contribution in [3.63, 3.8) is 0 Å². The summed E-state index contributed by atoms with van der Waals surface area (Å²) < 4.78 is 2.23. The van der Waals surface area contributed by atoms with Crippen LogP contribution in [0.1, 0.15) is 0 Å². The fraction of sp³-hybridized carbons (Fsp3) is 0. The zero-order valence-corrected chi connectivity index (χ0v) is 13.8. The molecule has 0 amide bonds. The highest BCUT2D eigenvalue weighted by molar-refractivity contribution is 9.11. The minimum Gasteiger partial charge on any atom is -0.137 e. The summed E-state index contributed by atoms with van der Waals surface area (Å²) in [5, 5.41) is 10.4. The molecule has 0 aliphatic heterocycles. The predicted molar refractivity (Wildman–Crippen MR) is 81.9 cm³/mol. The average Bonchev–Trinajstić information content (AvgIpc) is 2.96. The van der Waals surface area contributed by atoms with Crippen LogP contribution in [-0.4, -0.2) is 10.2 Å². The van der Waals surface area contributed by atoms with Gasteiger partial charge in [-0.2, -0.15) is 0 Å². The maximum absolute atomic E-state index is 4.23. The summed E-state index contributed by atoms with van der Waals surface area (Å²) in [5.41, 5.74) is 0. The van der Waals surface area contributed by atoms with Crippen LogP contribution in [0.25, 0.3) is 19.8 Å². The Morgan fingerprint density at radius 3 is 1.53 bits per heavy atom. The van der Waals surface area contributed by atoms with Crippen LogP contribution in [0.5, 0.6) is 0 Å². The molecule has 0 aromatic carbocycles.